The van der Waals surface area contributed by atoms with Crippen LogP contribution in [0.4, 0.5) is 5.69 Å². The van der Waals surface area contributed by atoms with Crippen molar-refractivity contribution in [3.05, 3.63) is 63.7 Å². The van der Waals surface area contributed by atoms with Gasteiger partial charge in [-0.2, -0.15) is 5.10 Å². The topological polar surface area (TPSA) is 103 Å². The second-order valence-corrected chi connectivity index (χ2v) is 5.49. The molecule has 0 bridgehead atoms. The predicted molar refractivity (Wildman–Crippen MR) is 102 cm³/mol. The molecular formula is C19H21N3O5. The van der Waals surface area contributed by atoms with Gasteiger partial charge in [0.1, 0.15) is 0 Å². The molecule has 0 heterocycles. The summed E-state index contributed by atoms with van der Waals surface area (Å²) >= 11 is 0. The van der Waals surface area contributed by atoms with Crippen molar-refractivity contribution < 1.29 is 19.2 Å². The highest BCUT2D eigenvalue weighted by Crippen LogP contribution is 2.28. The number of hydrogen-bond donors (Lipinski definition) is 1. The molecule has 2 aromatic carbocycles. The minimum Gasteiger partial charge on any atom is -0.490 e. The van der Waals surface area contributed by atoms with Crippen molar-refractivity contribution in [2.75, 3.05) is 13.2 Å². The van der Waals surface area contributed by atoms with Crippen LogP contribution < -0.4 is 14.9 Å². The summed E-state index contributed by atoms with van der Waals surface area (Å²) < 4.78 is 11.2. The van der Waals surface area contributed by atoms with E-state index < -0.39 is 10.8 Å². The van der Waals surface area contributed by atoms with Crippen LogP contribution in [0, 0.1) is 10.1 Å². The third-order valence-electron chi connectivity index (χ3n) is 3.43. The molecule has 1 N–H and O–H groups in total. The Hall–Kier alpha value is -3.42. The van der Waals surface area contributed by atoms with Crippen LogP contribution in [-0.2, 0) is 0 Å². The zero-order chi connectivity index (χ0) is 19.6. The average Bonchev–Trinajstić information content (AvgIpc) is 2.67. The van der Waals surface area contributed by atoms with Gasteiger partial charge in [0.2, 0.25) is 0 Å². The molecule has 0 fully saturated rings. The highest BCUT2D eigenvalue weighted by atomic mass is 16.6. The molecule has 1 amide bonds. The Labute approximate surface area is 157 Å². The minimum atomic E-state index is -0.558. The maximum absolute atomic E-state index is 12.1. The molecule has 0 saturated carbocycles. The number of benzene rings is 2. The monoisotopic (exact) mass is 371 g/mol. The fourth-order valence-corrected chi connectivity index (χ4v) is 2.20. The van der Waals surface area contributed by atoms with Gasteiger partial charge in [-0.1, -0.05) is 13.0 Å². The fraction of sp³-hybridized carbons (Fsp3) is 0.263. The maximum atomic E-state index is 12.1. The van der Waals surface area contributed by atoms with E-state index in [4.69, 9.17) is 9.47 Å². The standard InChI is InChI=1S/C19H21N3O5/c1-3-10-27-17-9-8-14(11-18(17)26-4-2)13-20-21-19(23)15-6-5-7-16(12-15)22(24)25/h5-9,11-13H,3-4,10H2,1-2H3,(H,21,23)/b20-13-. The molecule has 8 heteroatoms. The fourth-order valence-electron chi connectivity index (χ4n) is 2.20. The first-order valence-electron chi connectivity index (χ1n) is 8.52. The second kappa shape index (κ2) is 9.91. The Balaban J connectivity index is 2.06. The van der Waals surface area contributed by atoms with Crippen molar-refractivity contribution in [1.29, 1.82) is 0 Å². The molecule has 0 spiro atoms. The summed E-state index contributed by atoms with van der Waals surface area (Å²) in [6.45, 7) is 4.98. The molecule has 0 radical (unpaired) electrons. The largest absolute Gasteiger partial charge is 0.490 e. The van der Waals surface area contributed by atoms with E-state index in [0.717, 1.165) is 6.42 Å². The van der Waals surface area contributed by atoms with Gasteiger partial charge in [-0.3, -0.25) is 14.9 Å². The van der Waals surface area contributed by atoms with Gasteiger partial charge < -0.3 is 9.47 Å². The molecule has 0 aliphatic carbocycles. The molecule has 0 aromatic heterocycles. The Kier molecular flexibility index (Phi) is 7.30. The van der Waals surface area contributed by atoms with Crippen molar-refractivity contribution in [1.82, 2.24) is 5.43 Å². The summed E-state index contributed by atoms with van der Waals surface area (Å²) in [7, 11) is 0. The Morgan fingerprint density at radius 1 is 1.19 bits per heavy atom. The molecule has 0 aliphatic rings. The van der Waals surface area contributed by atoms with Crippen LogP contribution in [0.25, 0.3) is 0 Å². The number of carbonyl (C=O) groups is 1. The number of ether oxygens (including phenoxy) is 2. The molecule has 2 rings (SSSR count). The quantitative estimate of drug-likeness (QED) is 0.412. The van der Waals surface area contributed by atoms with Gasteiger partial charge in [0, 0.05) is 17.7 Å². The number of amides is 1. The number of nitro benzene ring substituents is 1. The number of non-ortho nitro benzene ring substituents is 1. The Bertz CT molecular complexity index is 836. The Morgan fingerprint density at radius 3 is 2.70 bits per heavy atom. The van der Waals surface area contributed by atoms with E-state index in [1.54, 1.807) is 18.2 Å². The SMILES string of the molecule is CCCOc1ccc(/C=N\NC(=O)c2cccc([N+](=O)[O-])c2)cc1OCC. The van der Waals surface area contributed by atoms with Crippen molar-refractivity contribution >= 4 is 17.8 Å². The average molecular weight is 371 g/mol. The zero-order valence-corrected chi connectivity index (χ0v) is 15.2. The van der Waals surface area contributed by atoms with E-state index in [0.29, 0.717) is 30.3 Å². The lowest BCUT2D eigenvalue weighted by atomic mass is 10.2. The lowest BCUT2D eigenvalue weighted by Crippen LogP contribution is -2.17. The number of rotatable bonds is 9. The molecular weight excluding hydrogens is 350 g/mol. The lowest BCUT2D eigenvalue weighted by molar-refractivity contribution is -0.384. The number of nitrogens with zero attached hydrogens (tertiary/aromatic N) is 2. The van der Waals surface area contributed by atoms with Crippen LogP contribution in [0.2, 0.25) is 0 Å². The van der Waals surface area contributed by atoms with Gasteiger partial charge in [0.25, 0.3) is 11.6 Å². The summed E-state index contributed by atoms with van der Waals surface area (Å²) in [6, 6.07) is 10.8. The molecule has 0 unspecified atom stereocenters. The van der Waals surface area contributed by atoms with Gasteiger partial charge in [-0.05, 0) is 43.2 Å². The van der Waals surface area contributed by atoms with Crippen molar-refractivity contribution in [2.24, 2.45) is 5.10 Å². The molecule has 27 heavy (non-hydrogen) atoms. The summed E-state index contributed by atoms with van der Waals surface area (Å²) in [4.78, 5) is 22.3. The van der Waals surface area contributed by atoms with E-state index in [-0.39, 0.29) is 11.3 Å². The Morgan fingerprint density at radius 2 is 2.00 bits per heavy atom. The first kappa shape index (κ1) is 19.9. The van der Waals surface area contributed by atoms with Crippen LogP contribution in [0.1, 0.15) is 36.2 Å². The van der Waals surface area contributed by atoms with Crippen molar-refractivity contribution in [3.8, 4) is 11.5 Å². The maximum Gasteiger partial charge on any atom is 0.271 e. The van der Waals surface area contributed by atoms with Gasteiger partial charge in [0.05, 0.1) is 24.4 Å². The number of hydrazone groups is 1. The summed E-state index contributed by atoms with van der Waals surface area (Å²) in [6.07, 6.45) is 2.35. The zero-order valence-electron chi connectivity index (χ0n) is 15.2. The molecule has 2 aromatic rings. The van der Waals surface area contributed by atoms with Crippen LogP contribution >= 0.6 is 0 Å². The highest BCUT2D eigenvalue weighted by Gasteiger charge is 2.11. The molecule has 0 aliphatic heterocycles. The lowest BCUT2D eigenvalue weighted by Gasteiger charge is -2.11. The number of nitrogens with one attached hydrogen (secondary N) is 1. The number of nitro groups is 1. The number of carbonyl (C=O) groups excluding carboxylic acids is 1. The smallest absolute Gasteiger partial charge is 0.271 e. The number of hydrogen-bond acceptors (Lipinski definition) is 6. The van der Waals surface area contributed by atoms with Gasteiger partial charge in [-0.25, -0.2) is 5.43 Å². The molecule has 142 valence electrons. The van der Waals surface area contributed by atoms with E-state index in [1.165, 1.54) is 30.5 Å². The van der Waals surface area contributed by atoms with Crippen LogP contribution in [0.3, 0.4) is 0 Å². The van der Waals surface area contributed by atoms with Crippen molar-refractivity contribution in [3.63, 3.8) is 0 Å². The van der Waals surface area contributed by atoms with Gasteiger partial charge in [-0.15, -0.1) is 0 Å². The van der Waals surface area contributed by atoms with E-state index in [2.05, 4.69) is 10.5 Å². The highest BCUT2D eigenvalue weighted by molar-refractivity contribution is 5.95. The van der Waals surface area contributed by atoms with Crippen LogP contribution in [0.15, 0.2) is 47.6 Å². The second-order valence-electron chi connectivity index (χ2n) is 5.49. The first-order valence-corrected chi connectivity index (χ1v) is 8.52. The first-order chi connectivity index (χ1) is 13.0. The normalized spacial score (nSPS) is 10.6. The predicted octanol–water partition coefficient (Wildman–Crippen LogP) is 3.55. The van der Waals surface area contributed by atoms with Crippen LogP contribution in [0.5, 0.6) is 11.5 Å². The minimum absolute atomic E-state index is 0.152. The van der Waals surface area contributed by atoms with Gasteiger partial charge in [0.15, 0.2) is 11.5 Å². The van der Waals surface area contributed by atoms with E-state index in [1.807, 2.05) is 13.8 Å². The third-order valence-corrected chi connectivity index (χ3v) is 3.43. The van der Waals surface area contributed by atoms with E-state index in [9.17, 15) is 14.9 Å². The molecule has 0 atom stereocenters. The third kappa shape index (κ3) is 5.81. The summed E-state index contributed by atoms with van der Waals surface area (Å²) in [5.41, 5.74) is 3.06. The van der Waals surface area contributed by atoms with Crippen molar-refractivity contribution in [2.45, 2.75) is 20.3 Å². The summed E-state index contributed by atoms with van der Waals surface area (Å²) in [5.74, 6) is 0.708. The van der Waals surface area contributed by atoms with E-state index >= 15 is 0 Å². The summed E-state index contributed by atoms with van der Waals surface area (Å²) in [5, 5.41) is 14.7. The molecule has 8 nitrogen and oxygen atoms in total. The van der Waals surface area contributed by atoms with Crippen LogP contribution in [-0.4, -0.2) is 30.3 Å². The van der Waals surface area contributed by atoms with Gasteiger partial charge >= 0.3 is 0 Å². The molecule has 0 saturated heterocycles.